The number of nitrogens with zero attached hydrogens (tertiary/aromatic N) is 1. The molecule has 0 rings (SSSR count). The Morgan fingerprint density at radius 1 is 0.941 bits per heavy atom. The molecular weight excluding hydrogens is 466 g/mol. The number of aliphatic imine (C=N–C) groups is 1. The number of guanidine groups is 1. The van der Waals surface area contributed by atoms with Crippen molar-refractivity contribution in [1.82, 2.24) is 16.0 Å². The Bertz CT molecular complexity index is 703. The maximum atomic E-state index is 12.9. The highest BCUT2D eigenvalue weighted by Gasteiger charge is 2.30. The predicted octanol–water partition coefficient (Wildman–Crippen LogP) is -2.30. The van der Waals surface area contributed by atoms with E-state index in [4.69, 9.17) is 17.2 Å². The second kappa shape index (κ2) is 16.9. The van der Waals surface area contributed by atoms with Crippen LogP contribution in [0.4, 0.5) is 0 Å². The molecule has 0 aliphatic carbocycles. The summed E-state index contributed by atoms with van der Waals surface area (Å²) in [5.74, 6) is -2.83. The average molecular weight is 506 g/mol. The van der Waals surface area contributed by atoms with Gasteiger partial charge in [-0.2, -0.15) is 11.8 Å². The quantitative estimate of drug-likeness (QED) is 0.0597. The third kappa shape index (κ3) is 13.2. The van der Waals surface area contributed by atoms with Gasteiger partial charge in [-0.25, -0.2) is 4.79 Å². The summed E-state index contributed by atoms with van der Waals surface area (Å²) in [6.45, 7) is 3.03. The molecular formula is C20H39N7O6S. The summed E-state index contributed by atoms with van der Waals surface area (Å²) in [5, 5.41) is 26.2. The molecule has 0 aromatic carbocycles. The number of carbonyl (C=O) groups is 4. The highest BCUT2D eigenvalue weighted by Crippen LogP contribution is 2.06. The van der Waals surface area contributed by atoms with E-state index >= 15 is 0 Å². The SMILES string of the molecule is CSCCC(N)C(=O)NC(CCCN=C(N)N)C(=O)NC(CO)C(=O)NC(CC(C)C)C(=O)O. The molecule has 3 amide bonds. The number of thioether (sulfide) groups is 1. The van der Waals surface area contributed by atoms with Crippen LogP contribution in [0.3, 0.4) is 0 Å². The van der Waals surface area contributed by atoms with Crippen LogP contribution in [0.5, 0.6) is 0 Å². The van der Waals surface area contributed by atoms with Crippen molar-refractivity contribution >= 4 is 41.4 Å². The smallest absolute Gasteiger partial charge is 0.326 e. The van der Waals surface area contributed by atoms with Gasteiger partial charge in [0.1, 0.15) is 18.1 Å². The number of hydrogen-bond donors (Lipinski definition) is 8. The Balaban J connectivity index is 5.32. The number of nitrogens with one attached hydrogen (secondary N) is 3. The van der Waals surface area contributed by atoms with Gasteiger partial charge < -0.3 is 43.4 Å². The molecule has 196 valence electrons. The second-order valence-electron chi connectivity index (χ2n) is 8.17. The van der Waals surface area contributed by atoms with Crippen LogP contribution in [0.1, 0.15) is 39.5 Å². The fourth-order valence-corrected chi connectivity index (χ4v) is 3.35. The molecule has 0 saturated carbocycles. The number of carbonyl (C=O) groups excluding carboxylic acids is 3. The number of nitrogens with two attached hydrogens (primary N) is 3. The molecule has 4 unspecified atom stereocenters. The zero-order valence-corrected chi connectivity index (χ0v) is 20.8. The fraction of sp³-hybridized carbons (Fsp3) is 0.750. The highest BCUT2D eigenvalue weighted by molar-refractivity contribution is 7.98. The molecule has 0 heterocycles. The number of hydrogen-bond acceptors (Lipinski definition) is 8. The first kappa shape index (κ1) is 31.4. The number of rotatable bonds is 17. The zero-order chi connectivity index (χ0) is 26.3. The lowest BCUT2D eigenvalue weighted by molar-refractivity contribution is -0.143. The third-order valence-corrected chi connectivity index (χ3v) is 5.33. The monoisotopic (exact) mass is 505 g/mol. The summed E-state index contributed by atoms with van der Waals surface area (Å²) in [5.41, 5.74) is 16.5. The maximum absolute atomic E-state index is 12.9. The molecule has 0 radical (unpaired) electrons. The highest BCUT2D eigenvalue weighted by atomic mass is 32.2. The number of amides is 3. The van der Waals surface area contributed by atoms with E-state index in [1.165, 1.54) is 11.8 Å². The fourth-order valence-electron chi connectivity index (χ4n) is 2.86. The topological polar surface area (TPSA) is 235 Å². The van der Waals surface area contributed by atoms with Crippen molar-refractivity contribution < 1.29 is 29.4 Å². The predicted molar refractivity (Wildman–Crippen MR) is 131 cm³/mol. The first-order valence-corrected chi connectivity index (χ1v) is 12.4. The van der Waals surface area contributed by atoms with E-state index in [2.05, 4.69) is 20.9 Å². The van der Waals surface area contributed by atoms with Crippen LogP contribution < -0.4 is 33.2 Å². The number of carboxylic acid groups (broad SMARTS) is 1. The summed E-state index contributed by atoms with van der Waals surface area (Å²) in [6, 6.07) is -4.49. The van der Waals surface area contributed by atoms with E-state index in [9.17, 15) is 29.4 Å². The van der Waals surface area contributed by atoms with Crippen LogP contribution in [0, 0.1) is 5.92 Å². The molecule has 0 fully saturated rings. The van der Waals surface area contributed by atoms with Gasteiger partial charge in [0.25, 0.3) is 0 Å². The normalized spacial score (nSPS) is 14.4. The lowest BCUT2D eigenvalue weighted by atomic mass is 10.0. The molecule has 14 heteroatoms. The number of carboxylic acids is 1. The van der Waals surface area contributed by atoms with E-state index in [-0.39, 0.29) is 31.3 Å². The van der Waals surface area contributed by atoms with Crippen LogP contribution in [0.25, 0.3) is 0 Å². The van der Waals surface area contributed by atoms with Gasteiger partial charge in [0, 0.05) is 6.54 Å². The largest absolute Gasteiger partial charge is 0.480 e. The van der Waals surface area contributed by atoms with Crippen molar-refractivity contribution in [3.63, 3.8) is 0 Å². The van der Waals surface area contributed by atoms with Gasteiger partial charge in [-0.3, -0.25) is 19.4 Å². The van der Waals surface area contributed by atoms with Crippen LogP contribution in [-0.4, -0.2) is 89.2 Å². The lowest BCUT2D eigenvalue weighted by Crippen LogP contribution is -2.58. The Morgan fingerprint density at radius 3 is 2.00 bits per heavy atom. The van der Waals surface area contributed by atoms with Crippen LogP contribution in [0.15, 0.2) is 4.99 Å². The first-order valence-electron chi connectivity index (χ1n) is 11.0. The van der Waals surface area contributed by atoms with Crippen LogP contribution in [-0.2, 0) is 19.2 Å². The molecule has 0 aliphatic rings. The van der Waals surface area contributed by atoms with Crippen LogP contribution >= 0.6 is 11.8 Å². The lowest BCUT2D eigenvalue weighted by Gasteiger charge is -2.24. The minimum absolute atomic E-state index is 0.0105. The van der Waals surface area contributed by atoms with Crippen molar-refractivity contribution in [2.75, 3.05) is 25.2 Å². The first-order chi connectivity index (χ1) is 15.9. The van der Waals surface area contributed by atoms with Gasteiger partial charge in [0.2, 0.25) is 17.7 Å². The van der Waals surface area contributed by atoms with E-state index in [1.807, 2.05) is 6.26 Å². The molecule has 4 atom stereocenters. The molecule has 0 bridgehead atoms. The Labute approximate surface area is 204 Å². The van der Waals surface area contributed by atoms with E-state index in [0.717, 1.165) is 0 Å². The summed E-state index contributed by atoms with van der Waals surface area (Å²) >= 11 is 1.53. The number of aliphatic hydroxyl groups excluding tert-OH is 1. The Kier molecular flexibility index (Phi) is 15.7. The van der Waals surface area contributed by atoms with E-state index < -0.39 is 54.5 Å². The molecule has 0 saturated heterocycles. The summed E-state index contributed by atoms with van der Waals surface area (Å²) in [4.78, 5) is 53.0. The molecule has 0 aromatic heterocycles. The molecule has 13 nitrogen and oxygen atoms in total. The van der Waals surface area contributed by atoms with E-state index in [1.54, 1.807) is 13.8 Å². The number of aliphatic carboxylic acids is 1. The average Bonchev–Trinajstić information content (AvgIpc) is 2.76. The van der Waals surface area contributed by atoms with Crippen molar-refractivity contribution in [3.8, 4) is 0 Å². The minimum Gasteiger partial charge on any atom is -0.480 e. The molecule has 0 aromatic rings. The van der Waals surface area contributed by atoms with Gasteiger partial charge in [-0.05, 0) is 43.6 Å². The van der Waals surface area contributed by atoms with Gasteiger partial charge in [0.15, 0.2) is 5.96 Å². The van der Waals surface area contributed by atoms with Gasteiger partial charge in [-0.1, -0.05) is 13.8 Å². The van der Waals surface area contributed by atoms with Crippen molar-refractivity contribution in [2.24, 2.45) is 28.1 Å². The zero-order valence-electron chi connectivity index (χ0n) is 20.0. The Hall–Kier alpha value is -2.58. The van der Waals surface area contributed by atoms with Crippen molar-refractivity contribution in [1.29, 1.82) is 0 Å². The van der Waals surface area contributed by atoms with E-state index in [0.29, 0.717) is 18.6 Å². The molecule has 34 heavy (non-hydrogen) atoms. The molecule has 0 aliphatic heterocycles. The second-order valence-corrected chi connectivity index (χ2v) is 9.16. The summed E-state index contributed by atoms with van der Waals surface area (Å²) in [6.07, 6.45) is 2.92. The van der Waals surface area contributed by atoms with Crippen LogP contribution in [0.2, 0.25) is 0 Å². The van der Waals surface area contributed by atoms with Crippen molar-refractivity contribution in [2.45, 2.75) is 63.7 Å². The third-order valence-electron chi connectivity index (χ3n) is 4.69. The Morgan fingerprint density at radius 2 is 1.50 bits per heavy atom. The van der Waals surface area contributed by atoms with Crippen molar-refractivity contribution in [3.05, 3.63) is 0 Å². The minimum atomic E-state index is -1.41. The standard InChI is InChI=1S/C20H39N7O6S/c1-11(2)9-14(19(32)33)26-18(31)15(10-28)27-17(30)13(5-4-7-24-20(22)23)25-16(29)12(21)6-8-34-3/h11-15,28H,4-10,21H2,1-3H3,(H,25,29)(H,26,31)(H,27,30)(H,32,33)(H4,22,23,24). The molecule has 0 spiro atoms. The van der Waals surface area contributed by atoms with Gasteiger partial charge >= 0.3 is 5.97 Å². The maximum Gasteiger partial charge on any atom is 0.326 e. The number of aliphatic hydroxyl groups is 1. The summed E-state index contributed by atoms with van der Waals surface area (Å²) < 4.78 is 0. The summed E-state index contributed by atoms with van der Waals surface area (Å²) in [7, 11) is 0. The molecule has 11 N–H and O–H groups in total. The van der Waals surface area contributed by atoms with Gasteiger partial charge in [-0.15, -0.1) is 0 Å². The van der Waals surface area contributed by atoms with Gasteiger partial charge in [0.05, 0.1) is 12.6 Å².